The van der Waals surface area contributed by atoms with Crippen LogP contribution in [0.4, 0.5) is 5.69 Å². The van der Waals surface area contributed by atoms with Crippen LogP contribution in [0.2, 0.25) is 0 Å². The molecule has 0 fully saturated rings. The Hall–Kier alpha value is -1.24. The van der Waals surface area contributed by atoms with Gasteiger partial charge >= 0.3 is 22.7 Å². The highest BCUT2D eigenvalue weighted by atomic mass is 127. The lowest BCUT2D eigenvalue weighted by Crippen LogP contribution is -2.33. The number of rotatable bonds is 9. The molecule has 13 nitrogen and oxygen atoms in total. The molecule has 2 unspecified atom stereocenters. The van der Waals surface area contributed by atoms with E-state index in [1.165, 1.54) is 19.1 Å². The summed E-state index contributed by atoms with van der Waals surface area (Å²) in [7, 11) is 2.85. The van der Waals surface area contributed by atoms with Crippen molar-refractivity contribution in [1.82, 2.24) is 10.2 Å². The minimum absolute atomic E-state index is 0.0573. The van der Waals surface area contributed by atoms with Gasteiger partial charge in [0.25, 0.3) is 11.8 Å². The van der Waals surface area contributed by atoms with Crippen LogP contribution in [0.25, 0.3) is 0 Å². The molecular weight excluding hydrogens is 863 g/mol. The molecule has 2 heterocycles. The number of amides is 3. The summed E-state index contributed by atoms with van der Waals surface area (Å²) < 4.78 is 47.7. The summed E-state index contributed by atoms with van der Waals surface area (Å²) >= 11 is 1.81. The molecule has 0 aromatic heterocycles. The molecule has 0 saturated carbocycles. The first-order valence-corrected chi connectivity index (χ1v) is 14.7. The summed E-state index contributed by atoms with van der Waals surface area (Å²) in [5.41, 5.74) is 0.531. The number of carbonyl (C=O) groups is 3. The number of hydrogen-bond donors (Lipinski definition) is 2. The van der Waals surface area contributed by atoms with Crippen LogP contribution in [-0.2, 0) is 49.0 Å². The number of nitrogens with one attached hydrogen (secondary N) is 2. The standard InChI is InChI=1S/C18H16I3N3O10S2/c1-24(4-9-6-32-36(29)34-9)18(27)12-13(19)11(17(26)22-3-8-5-31-35(28)33-8)14(20)16(15(12)21)23-10(25)7-30-2/h5-6H,3-4,7H2,1-2H3,(H,22,26)(H,23,25). The number of methoxy groups -OCH3 is 1. The Morgan fingerprint density at radius 3 is 2.11 bits per heavy atom. The van der Waals surface area contributed by atoms with Gasteiger partial charge in [-0.1, -0.05) is 0 Å². The topological polar surface area (TPSA) is 159 Å². The average Bonchev–Trinajstić information content (AvgIpc) is 3.42. The van der Waals surface area contributed by atoms with E-state index in [-0.39, 0.29) is 48.0 Å². The van der Waals surface area contributed by atoms with E-state index in [9.17, 15) is 22.8 Å². The Kier molecular flexibility index (Phi) is 10.6. The number of anilines is 1. The first-order chi connectivity index (χ1) is 17.0. The monoisotopic (exact) mass is 879 g/mol. The fourth-order valence-corrected chi connectivity index (χ4v) is 8.17. The van der Waals surface area contributed by atoms with E-state index in [0.717, 1.165) is 12.5 Å². The second-order valence-electron chi connectivity index (χ2n) is 6.83. The van der Waals surface area contributed by atoms with Gasteiger partial charge in [-0.05, 0) is 67.8 Å². The Morgan fingerprint density at radius 1 is 0.972 bits per heavy atom. The summed E-state index contributed by atoms with van der Waals surface area (Å²) in [6.07, 6.45) is 2.27. The number of nitrogens with zero attached hydrogens (tertiary/aromatic N) is 1. The predicted molar refractivity (Wildman–Crippen MR) is 151 cm³/mol. The molecule has 1 aromatic carbocycles. The molecule has 0 saturated heterocycles. The van der Waals surface area contributed by atoms with E-state index in [1.807, 2.05) is 67.8 Å². The van der Waals surface area contributed by atoms with Crippen molar-refractivity contribution >= 4 is 114 Å². The first kappa shape index (κ1) is 29.3. The molecule has 3 amide bonds. The zero-order valence-electron chi connectivity index (χ0n) is 18.3. The molecule has 0 bridgehead atoms. The van der Waals surface area contributed by atoms with E-state index < -0.39 is 40.4 Å². The quantitative estimate of drug-likeness (QED) is 0.351. The zero-order valence-corrected chi connectivity index (χ0v) is 26.4. The van der Waals surface area contributed by atoms with Gasteiger partial charge in [0.15, 0.2) is 11.5 Å². The van der Waals surface area contributed by atoms with Gasteiger partial charge in [0.1, 0.15) is 19.1 Å². The minimum Gasteiger partial charge on any atom is -0.375 e. The first-order valence-electron chi connectivity index (χ1n) is 9.48. The molecule has 2 aliphatic rings. The van der Waals surface area contributed by atoms with Crippen LogP contribution in [0.1, 0.15) is 20.7 Å². The van der Waals surface area contributed by atoms with Crippen molar-refractivity contribution in [2.75, 3.05) is 39.2 Å². The van der Waals surface area contributed by atoms with Crippen LogP contribution in [0.5, 0.6) is 0 Å². The third-order valence-electron chi connectivity index (χ3n) is 4.33. The van der Waals surface area contributed by atoms with Crippen LogP contribution in [0.15, 0.2) is 24.0 Å². The maximum atomic E-state index is 13.5. The number of benzene rings is 1. The van der Waals surface area contributed by atoms with Gasteiger partial charge in [0.05, 0.1) is 37.0 Å². The van der Waals surface area contributed by atoms with E-state index in [0.29, 0.717) is 10.7 Å². The Labute approximate surface area is 251 Å². The predicted octanol–water partition coefficient (Wildman–Crippen LogP) is 1.82. The number of halogens is 3. The van der Waals surface area contributed by atoms with Gasteiger partial charge < -0.3 is 37.0 Å². The molecule has 0 spiro atoms. The summed E-state index contributed by atoms with van der Waals surface area (Å²) in [5.74, 6) is -1.24. The van der Waals surface area contributed by atoms with Crippen molar-refractivity contribution in [3.63, 3.8) is 0 Å². The van der Waals surface area contributed by atoms with E-state index in [1.54, 1.807) is 0 Å². The molecule has 0 aliphatic carbocycles. The van der Waals surface area contributed by atoms with E-state index >= 15 is 0 Å². The molecule has 196 valence electrons. The maximum absolute atomic E-state index is 13.5. The molecular formula is C18H16I3N3O10S2. The number of carbonyl (C=O) groups excluding carboxylic acids is 3. The normalized spacial score (nSPS) is 18.1. The lowest BCUT2D eigenvalue weighted by molar-refractivity contribution is -0.119. The lowest BCUT2D eigenvalue weighted by Gasteiger charge is -2.22. The van der Waals surface area contributed by atoms with Crippen LogP contribution in [-0.4, -0.2) is 64.9 Å². The molecule has 3 rings (SSSR count). The van der Waals surface area contributed by atoms with E-state index in [2.05, 4.69) is 14.8 Å². The third-order valence-corrected chi connectivity index (χ3v) is 8.77. The SMILES string of the molecule is COCC(=O)Nc1c(I)c(C(=O)NCC2=COS(=O)O2)c(I)c(C(=O)N(C)CC2=COS(=O)O2)c1I. The summed E-state index contributed by atoms with van der Waals surface area (Å²) in [4.78, 5) is 40.3. The minimum atomic E-state index is -1.96. The molecule has 2 atom stereocenters. The fraction of sp³-hybridized carbons (Fsp3) is 0.278. The molecule has 1 aromatic rings. The molecule has 36 heavy (non-hydrogen) atoms. The van der Waals surface area contributed by atoms with Crippen LogP contribution in [0.3, 0.4) is 0 Å². The van der Waals surface area contributed by atoms with Crippen molar-refractivity contribution in [3.8, 4) is 0 Å². The van der Waals surface area contributed by atoms with Crippen molar-refractivity contribution in [2.45, 2.75) is 0 Å². The summed E-state index contributed by atoms with van der Waals surface area (Å²) in [6, 6.07) is 0. The summed E-state index contributed by atoms with van der Waals surface area (Å²) in [5, 5.41) is 5.32. The van der Waals surface area contributed by atoms with Gasteiger partial charge in [-0.3, -0.25) is 14.4 Å². The number of ether oxygens (including phenoxy) is 1. The van der Waals surface area contributed by atoms with Gasteiger partial charge in [0.2, 0.25) is 5.91 Å². The van der Waals surface area contributed by atoms with Crippen molar-refractivity contribution < 1.29 is 44.3 Å². The molecule has 2 N–H and O–H groups in total. The van der Waals surface area contributed by atoms with Gasteiger partial charge in [-0.15, -0.1) is 0 Å². The fourth-order valence-electron chi connectivity index (χ4n) is 2.79. The number of hydrogen-bond acceptors (Lipinski definition) is 10. The van der Waals surface area contributed by atoms with Crippen molar-refractivity contribution in [3.05, 3.63) is 45.9 Å². The smallest absolute Gasteiger partial charge is 0.375 e. The second kappa shape index (κ2) is 13.0. The highest BCUT2D eigenvalue weighted by molar-refractivity contribution is 14.1. The van der Waals surface area contributed by atoms with Crippen LogP contribution < -0.4 is 10.6 Å². The van der Waals surface area contributed by atoms with Gasteiger partial charge in [-0.25, -0.2) is 0 Å². The maximum Gasteiger partial charge on any atom is 0.417 e. The summed E-state index contributed by atoms with van der Waals surface area (Å²) in [6.45, 7) is -0.424. The molecule has 18 heteroatoms. The Balaban J connectivity index is 1.98. The van der Waals surface area contributed by atoms with Gasteiger partial charge in [0, 0.05) is 17.7 Å². The second-order valence-corrected chi connectivity index (χ2v) is 11.6. The number of likely N-dealkylation sites (N-methyl/N-ethyl adjacent to an activating group) is 1. The average molecular weight is 879 g/mol. The highest BCUT2D eigenvalue weighted by Crippen LogP contribution is 2.36. The zero-order chi connectivity index (χ0) is 26.6. The highest BCUT2D eigenvalue weighted by Gasteiger charge is 2.31. The van der Waals surface area contributed by atoms with Crippen molar-refractivity contribution in [1.29, 1.82) is 0 Å². The molecule has 0 radical (unpaired) electrons. The van der Waals surface area contributed by atoms with Crippen LogP contribution in [0, 0.1) is 10.7 Å². The van der Waals surface area contributed by atoms with E-state index in [4.69, 9.17) is 17.3 Å². The molecule has 2 aliphatic heterocycles. The van der Waals surface area contributed by atoms with Gasteiger partial charge in [-0.2, -0.15) is 8.42 Å². The third kappa shape index (κ3) is 6.99. The van der Waals surface area contributed by atoms with Crippen molar-refractivity contribution in [2.24, 2.45) is 0 Å². The Bertz CT molecular complexity index is 1220. The lowest BCUT2D eigenvalue weighted by atomic mass is 10.1. The largest absolute Gasteiger partial charge is 0.417 e. The Morgan fingerprint density at radius 2 is 1.56 bits per heavy atom. The van der Waals surface area contributed by atoms with Crippen LogP contribution >= 0.6 is 67.8 Å².